The number of anilines is 3. The summed E-state index contributed by atoms with van der Waals surface area (Å²) >= 11 is 1.77. The molecule has 1 saturated heterocycles. The van der Waals surface area contributed by atoms with Crippen molar-refractivity contribution in [2.75, 3.05) is 48.7 Å². The maximum absolute atomic E-state index is 6.51. The molecule has 0 spiro atoms. The quantitative estimate of drug-likeness (QED) is 0.389. The van der Waals surface area contributed by atoms with E-state index in [-0.39, 0.29) is 6.04 Å². The number of nitrogens with one attached hydrogen (secondary N) is 1. The van der Waals surface area contributed by atoms with Crippen LogP contribution in [-0.4, -0.2) is 47.6 Å². The first-order chi connectivity index (χ1) is 16.8. The zero-order valence-corrected chi connectivity index (χ0v) is 20.0. The van der Waals surface area contributed by atoms with Crippen molar-refractivity contribution >= 4 is 28.7 Å². The van der Waals surface area contributed by atoms with Gasteiger partial charge in [-0.25, -0.2) is 9.97 Å². The first-order valence-corrected chi connectivity index (χ1v) is 12.6. The van der Waals surface area contributed by atoms with E-state index in [0.717, 1.165) is 50.8 Å². The largest absolute Gasteiger partial charge is 0.393 e. The molecule has 4 aromatic rings. The highest BCUT2D eigenvalue weighted by Gasteiger charge is 2.28. The molecule has 6 nitrogen and oxygen atoms in total. The maximum Gasteiger partial charge on any atom is 0.157 e. The maximum atomic E-state index is 6.51. The second-order valence-corrected chi connectivity index (χ2v) is 9.49. The lowest BCUT2D eigenvalue weighted by Crippen LogP contribution is -2.48. The summed E-state index contributed by atoms with van der Waals surface area (Å²) < 4.78 is 0. The van der Waals surface area contributed by atoms with Gasteiger partial charge in [0.2, 0.25) is 0 Å². The minimum absolute atomic E-state index is 0.238. The van der Waals surface area contributed by atoms with E-state index < -0.39 is 0 Å². The number of nitrogens with two attached hydrogens (primary N) is 1. The minimum Gasteiger partial charge on any atom is -0.393 e. The van der Waals surface area contributed by atoms with Gasteiger partial charge in [-0.2, -0.15) is 0 Å². The molecular weight excluding hydrogens is 440 g/mol. The van der Waals surface area contributed by atoms with Crippen LogP contribution >= 0.6 is 11.3 Å². The van der Waals surface area contributed by atoms with E-state index in [1.54, 1.807) is 17.7 Å². The van der Waals surface area contributed by atoms with Crippen molar-refractivity contribution in [3.05, 3.63) is 101 Å². The smallest absolute Gasteiger partial charge is 0.157 e. The fourth-order valence-corrected chi connectivity index (χ4v) is 5.32. The molecule has 3 heterocycles. The number of thiophene rings is 1. The van der Waals surface area contributed by atoms with Gasteiger partial charge in [-0.05, 0) is 29.0 Å². The Labute approximate surface area is 205 Å². The van der Waals surface area contributed by atoms with Crippen LogP contribution in [0.4, 0.5) is 17.3 Å². The number of aromatic nitrogens is 2. The van der Waals surface area contributed by atoms with E-state index in [0.29, 0.717) is 5.69 Å². The highest BCUT2D eigenvalue weighted by Crippen LogP contribution is 2.32. The lowest BCUT2D eigenvalue weighted by atomic mass is 9.96. The molecule has 1 fully saturated rings. The highest BCUT2D eigenvalue weighted by molar-refractivity contribution is 7.09. The summed E-state index contributed by atoms with van der Waals surface area (Å²) in [5, 5.41) is 5.50. The van der Waals surface area contributed by atoms with Gasteiger partial charge in [-0.15, -0.1) is 11.3 Å². The molecule has 0 aliphatic carbocycles. The Kier molecular flexibility index (Phi) is 7.02. The van der Waals surface area contributed by atoms with Crippen LogP contribution in [0.1, 0.15) is 22.0 Å². The van der Waals surface area contributed by atoms with Gasteiger partial charge in [0, 0.05) is 37.6 Å². The molecule has 0 amide bonds. The summed E-state index contributed by atoms with van der Waals surface area (Å²) in [5.74, 6) is 1.54. The van der Waals surface area contributed by atoms with Crippen LogP contribution in [0.5, 0.6) is 0 Å². The van der Waals surface area contributed by atoms with Crippen molar-refractivity contribution in [3.8, 4) is 0 Å². The molecule has 5 rings (SSSR count). The third kappa shape index (κ3) is 5.05. The Morgan fingerprint density at radius 1 is 0.853 bits per heavy atom. The highest BCUT2D eigenvalue weighted by atomic mass is 32.1. The lowest BCUT2D eigenvalue weighted by molar-refractivity contribution is 0.212. The zero-order valence-electron chi connectivity index (χ0n) is 19.2. The summed E-state index contributed by atoms with van der Waals surface area (Å²) in [6, 6.07) is 26.0. The number of rotatable bonds is 8. The van der Waals surface area contributed by atoms with Gasteiger partial charge >= 0.3 is 0 Å². The molecule has 1 aliphatic heterocycles. The molecule has 0 radical (unpaired) electrons. The van der Waals surface area contributed by atoms with Crippen molar-refractivity contribution in [3.63, 3.8) is 0 Å². The molecule has 2 aromatic carbocycles. The van der Waals surface area contributed by atoms with Gasteiger partial charge in [-0.3, -0.25) is 4.90 Å². The van der Waals surface area contributed by atoms with E-state index >= 15 is 0 Å². The molecule has 174 valence electrons. The standard InChI is InChI=1S/C27H30N6S/c28-24-26(29-14-13-23-12-7-19-34-23)30-20-31-27(24)33-17-15-32(16-18-33)25(21-8-3-1-4-9-21)22-10-5-2-6-11-22/h1-12,19-20,25H,13-18,28H2,(H,29,30,31). The number of hydrogen-bond donors (Lipinski definition) is 2. The minimum atomic E-state index is 0.238. The molecule has 0 bridgehead atoms. The van der Waals surface area contributed by atoms with Crippen molar-refractivity contribution in [1.29, 1.82) is 0 Å². The Morgan fingerprint density at radius 2 is 1.53 bits per heavy atom. The second-order valence-electron chi connectivity index (χ2n) is 8.46. The first kappa shape index (κ1) is 22.4. The normalized spacial score (nSPS) is 14.4. The predicted octanol–water partition coefficient (Wildman–Crippen LogP) is 4.69. The molecule has 3 N–H and O–H groups in total. The topological polar surface area (TPSA) is 70.3 Å². The van der Waals surface area contributed by atoms with Crippen LogP contribution in [0.25, 0.3) is 0 Å². The van der Waals surface area contributed by atoms with Crippen molar-refractivity contribution in [2.45, 2.75) is 12.5 Å². The van der Waals surface area contributed by atoms with Gasteiger partial charge < -0.3 is 16.0 Å². The van der Waals surface area contributed by atoms with Gasteiger partial charge in [0.15, 0.2) is 11.6 Å². The van der Waals surface area contributed by atoms with Gasteiger partial charge in [-0.1, -0.05) is 66.7 Å². The average molecular weight is 471 g/mol. The molecule has 7 heteroatoms. The van der Waals surface area contributed by atoms with Crippen LogP contribution in [0.15, 0.2) is 84.5 Å². The fraction of sp³-hybridized carbons (Fsp3) is 0.259. The predicted molar refractivity (Wildman–Crippen MR) is 141 cm³/mol. The number of hydrogen-bond acceptors (Lipinski definition) is 7. The summed E-state index contributed by atoms with van der Waals surface area (Å²) in [6.07, 6.45) is 2.57. The molecule has 0 saturated carbocycles. The van der Waals surface area contributed by atoms with Crippen LogP contribution in [0.3, 0.4) is 0 Å². The number of nitrogens with zero attached hydrogens (tertiary/aromatic N) is 4. The third-order valence-corrected chi connectivity index (χ3v) is 7.25. The zero-order chi connectivity index (χ0) is 23.2. The Bertz CT molecular complexity index is 1120. The summed E-state index contributed by atoms with van der Waals surface area (Å²) in [7, 11) is 0. The molecule has 0 atom stereocenters. The fourth-order valence-electron chi connectivity index (χ4n) is 4.61. The Balaban J connectivity index is 1.27. The van der Waals surface area contributed by atoms with Crippen molar-refractivity contribution < 1.29 is 0 Å². The second kappa shape index (κ2) is 10.7. The van der Waals surface area contributed by atoms with E-state index in [1.165, 1.54) is 16.0 Å². The molecule has 1 aliphatic rings. The van der Waals surface area contributed by atoms with E-state index in [2.05, 4.69) is 103 Å². The SMILES string of the molecule is Nc1c(NCCc2cccs2)ncnc1N1CCN(C(c2ccccc2)c2ccccc2)CC1. The average Bonchev–Trinajstić information content (AvgIpc) is 3.41. The molecular formula is C27H30N6S. The number of piperazine rings is 1. The summed E-state index contributed by atoms with van der Waals surface area (Å²) in [5.41, 5.74) is 9.78. The monoisotopic (exact) mass is 470 g/mol. The molecule has 2 aromatic heterocycles. The Hall–Kier alpha value is -3.42. The van der Waals surface area contributed by atoms with Crippen molar-refractivity contribution in [2.24, 2.45) is 0 Å². The molecule has 0 unspecified atom stereocenters. The van der Waals surface area contributed by atoms with Crippen LogP contribution in [-0.2, 0) is 6.42 Å². The van der Waals surface area contributed by atoms with Gasteiger partial charge in [0.05, 0.1) is 6.04 Å². The van der Waals surface area contributed by atoms with Crippen LogP contribution < -0.4 is 16.0 Å². The van der Waals surface area contributed by atoms with Crippen molar-refractivity contribution in [1.82, 2.24) is 14.9 Å². The van der Waals surface area contributed by atoms with Gasteiger partial charge in [0.1, 0.15) is 12.0 Å². The van der Waals surface area contributed by atoms with E-state index in [1.807, 2.05) is 0 Å². The third-order valence-electron chi connectivity index (χ3n) is 6.32. The summed E-state index contributed by atoms with van der Waals surface area (Å²) in [6.45, 7) is 4.39. The van der Waals surface area contributed by atoms with Gasteiger partial charge in [0.25, 0.3) is 0 Å². The Morgan fingerprint density at radius 3 is 2.15 bits per heavy atom. The lowest BCUT2D eigenvalue weighted by Gasteiger charge is -2.40. The van der Waals surface area contributed by atoms with E-state index in [4.69, 9.17) is 5.73 Å². The van der Waals surface area contributed by atoms with E-state index in [9.17, 15) is 0 Å². The van der Waals surface area contributed by atoms with Crippen LogP contribution in [0.2, 0.25) is 0 Å². The first-order valence-electron chi connectivity index (χ1n) is 11.7. The number of benzene rings is 2. The number of nitrogen functional groups attached to an aromatic ring is 1. The summed E-state index contributed by atoms with van der Waals surface area (Å²) in [4.78, 5) is 15.1. The van der Waals surface area contributed by atoms with Crippen LogP contribution in [0, 0.1) is 0 Å². The molecule has 34 heavy (non-hydrogen) atoms.